The smallest absolute Gasteiger partial charge is 0.342 e. The van der Waals surface area contributed by atoms with Crippen molar-refractivity contribution in [3.63, 3.8) is 0 Å². The number of anilines is 1. The van der Waals surface area contributed by atoms with Crippen LogP contribution >= 0.6 is 0 Å². The van der Waals surface area contributed by atoms with Crippen LogP contribution in [0.1, 0.15) is 10.4 Å². The molecule has 0 radical (unpaired) electrons. The van der Waals surface area contributed by atoms with Gasteiger partial charge < -0.3 is 9.64 Å². The van der Waals surface area contributed by atoms with Gasteiger partial charge in [-0.05, 0) is 12.1 Å². The van der Waals surface area contributed by atoms with Crippen molar-refractivity contribution in [3.8, 4) is 0 Å². The third-order valence-electron chi connectivity index (χ3n) is 2.06. The van der Waals surface area contributed by atoms with Crippen LogP contribution in [0.3, 0.4) is 0 Å². The molecule has 0 unspecified atom stereocenters. The molecule has 0 fully saturated rings. The first-order valence-corrected chi connectivity index (χ1v) is 4.58. The topological polar surface area (TPSA) is 59.0 Å². The summed E-state index contributed by atoms with van der Waals surface area (Å²) < 4.78 is 4.66. The monoisotopic (exact) mass is 220 g/mol. The lowest BCUT2D eigenvalue weighted by molar-refractivity contribution is 0.0602. The lowest BCUT2D eigenvalue weighted by Crippen LogP contribution is -2.14. The third-order valence-corrected chi connectivity index (χ3v) is 2.06. The number of carbonyl (C=O) groups excluding carboxylic acids is 2. The molecule has 0 N–H and O–H groups in total. The molecular formula is C11H12N2O3. The molecular weight excluding hydrogens is 208 g/mol. The molecule has 0 heterocycles. The van der Waals surface area contributed by atoms with Crippen molar-refractivity contribution in [1.82, 2.24) is 0 Å². The summed E-state index contributed by atoms with van der Waals surface area (Å²) in [7, 11) is 4.86. The van der Waals surface area contributed by atoms with E-state index in [2.05, 4.69) is 9.73 Å². The zero-order valence-electron chi connectivity index (χ0n) is 9.35. The standard InChI is InChI=1S/C11H12N2O3/c1-13(2)9-6-4-5-8(12-7-14)10(9)11(15)16-3/h4-6H,1-3H3. The molecule has 1 aromatic carbocycles. The van der Waals surface area contributed by atoms with Crippen LogP contribution in [-0.4, -0.2) is 33.3 Å². The first-order valence-electron chi connectivity index (χ1n) is 4.58. The van der Waals surface area contributed by atoms with Crippen molar-refractivity contribution in [2.24, 2.45) is 4.99 Å². The maximum absolute atomic E-state index is 11.6. The Morgan fingerprint density at radius 2 is 2.12 bits per heavy atom. The number of hydrogen-bond donors (Lipinski definition) is 0. The second kappa shape index (κ2) is 5.09. The Hall–Kier alpha value is -2.13. The number of isocyanates is 1. The quantitative estimate of drug-likeness (QED) is 0.440. The van der Waals surface area contributed by atoms with Gasteiger partial charge in [0.15, 0.2) is 0 Å². The van der Waals surface area contributed by atoms with Gasteiger partial charge in [-0.25, -0.2) is 9.59 Å². The Balaban J connectivity index is 3.46. The number of ether oxygens (including phenoxy) is 1. The van der Waals surface area contributed by atoms with Crippen LogP contribution in [0.2, 0.25) is 0 Å². The van der Waals surface area contributed by atoms with Crippen LogP contribution in [-0.2, 0) is 9.53 Å². The summed E-state index contributed by atoms with van der Waals surface area (Å²) in [5.74, 6) is -0.529. The van der Waals surface area contributed by atoms with Crippen molar-refractivity contribution in [2.45, 2.75) is 0 Å². The van der Waals surface area contributed by atoms with E-state index >= 15 is 0 Å². The summed E-state index contributed by atoms with van der Waals surface area (Å²) in [5, 5.41) is 0. The van der Waals surface area contributed by atoms with E-state index < -0.39 is 5.97 Å². The molecule has 84 valence electrons. The van der Waals surface area contributed by atoms with E-state index in [1.165, 1.54) is 13.2 Å². The Morgan fingerprint density at radius 1 is 1.44 bits per heavy atom. The second-order valence-corrected chi connectivity index (χ2v) is 3.26. The molecule has 0 atom stereocenters. The minimum absolute atomic E-state index is 0.257. The molecule has 5 nitrogen and oxygen atoms in total. The van der Waals surface area contributed by atoms with Gasteiger partial charge in [-0.15, -0.1) is 0 Å². The van der Waals surface area contributed by atoms with E-state index in [4.69, 9.17) is 0 Å². The van der Waals surface area contributed by atoms with Crippen LogP contribution in [0.25, 0.3) is 0 Å². The number of carbonyl (C=O) groups is 1. The number of rotatable bonds is 3. The molecule has 1 rings (SSSR count). The number of methoxy groups -OCH3 is 1. The molecule has 5 heteroatoms. The van der Waals surface area contributed by atoms with E-state index in [1.54, 1.807) is 37.2 Å². The van der Waals surface area contributed by atoms with Crippen LogP contribution in [0.15, 0.2) is 23.2 Å². The first kappa shape index (κ1) is 11.9. The summed E-state index contributed by atoms with van der Waals surface area (Å²) >= 11 is 0. The van der Waals surface area contributed by atoms with E-state index in [0.717, 1.165) is 0 Å². The van der Waals surface area contributed by atoms with Crippen LogP contribution in [0.5, 0.6) is 0 Å². The number of nitrogens with zero attached hydrogens (tertiary/aromatic N) is 2. The van der Waals surface area contributed by atoms with E-state index in [1.807, 2.05) is 0 Å². The highest BCUT2D eigenvalue weighted by molar-refractivity contribution is 6.01. The fourth-order valence-electron chi connectivity index (χ4n) is 1.35. The average Bonchev–Trinajstić information content (AvgIpc) is 2.28. The average molecular weight is 220 g/mol. The van der Waals surface area contributed by atoms with Crippen molar-refractivity contribution < 1.29 is 14.3 Å². The van der Waals surface area contributed by atoms with Gasteiger partial charge in [0, 0.05) is 14.1 Å². The summed E-state index contributed by atoms with van der Waals surface area (Å²) in [6.07, 6.45) is 1.42. The van der Waals surface area contributed by atoms with Gasteiger partial charge in [0.05, 0.1) is 18.5 Å². The van der Waals surface area contributed by atoms with Crippen LogP contribution < -0.4 is 4.90 Å². The fraction of sp³-hybridized carbons (Fsp3) is 0.273. The van der Waals surface area contributed by atoms with Crippen LogP contribution in [0, 0.1) is 0 Å². The minimum Gasteiger partial charge on any atom is -0.465 e. The van der Waals surface area contributed by atoms with Crippen molar-refractivity contribution >= 4 is 23.4 Å². The van der Waals surface area contributed by atoms with Gasteiger partial charge in [0.25, 0.3) is 0 Å². The van der Waals surface area contributed by atoms with Crippen molar-refractivity contribution in [3.05, 3.63) is 23.8 Å². The van der Waals surface area contributed by atoms with E-state index in [-0.39, 0.29) is 11.3 Å². The molecule has 16 heavy (non-hydrogen) atoms. The van der Waals surface area contributed by atoms with E-state index in [9.17, 15) is 9.59 Å². The number of hydrogen-bond acceptors (Lipinski definition) is 5. The molecule has 1 aromatic rings. The Labute approximate surface area is 93.3 Å². The molecule has 0 aliphatic carbocycles. The SMILES string of the molecule is COC(=O)c1c(N=C=O)cccc1N(C)C. The van der Waals surface area contributed by atoms with Gasteiger partial charge in [0.1, 0.15) is 5.56 Å². The molecule has 0 spiro atoms. The van der Waals surface area contributed by atoms with Gasteiger partial charge in [-0.2, -0.15) is 4.99 Å². The molecule has 0 aromatic heterocycles. The second-order valence-electron chi connectivity index (χ2n) is 3.26. The lowest BCUT2D eigenvalue weighted by Gasteiger charge is -2.16. The van der Waals surface area contributed by atoms with Crippen LogP contribution in [0.4, 0.5) is 11.4 Å². The summed E-state index contributed by atoms with van der Waals surface area (Å²) in [5.41, 5.74) is 1.16. The molecule has 0 saturated carbocycles. The maximum atomic E-state index is 11.6. The fourth-order valence-corrected chi connectivity index (χ4v) is 1.35. The highest BCUT2D eigenvalue weighted by atomic mass is 16.5. The molecule has 0 saturated heterocycles. The predicted molar refractivity (Wildman–Crippen MR) is 59.9 cm³/mol. The predicted octanol–water partition coefficient (Wildman–Crippen LogP) is 1.51. The third kappa shape index (κ3) is 2.27. The number of esters is 1. The Kier molecular flexibility index (Phi) is 3.80. The van der Waals surface area contributed by atoms with Gasteiger partial charge in [-0.1, -0.05) is 6.07 Å². The van der Waals surface area contributed by atoms with Gasteiger partial charge >= 0.3 is 5.97 Å². The van der Waals surface area contributed by atoms with Gasteiger partial charge in [0.2, 0.25) is 6.08 Å². The normalized spacial score (nSPS) is 9.19. The van der Waals surface area contributed by atoms with Crippen molar-refractivity contribution in [2.75, 3.05) is 26.1 Å². The molecule has 0 aliphatic rings. The lowest BCUT2D eigenvalue weighted by atomic mass is 10.1. The zero-order chi connectivity index (χ0) is 12.1. The number of benzene rings is 1. The highest BCUT2D eigenvalue weighted by Crippen LogP contribution is 2.28. The van der Waals surface area contributed by atoms with Gasteiger partial charge in [-0.3, -0.25) is 0 Å². The summed E-state index contributed by atoms with van der Waals surface area (Å²) in [4.78, 5) is 27.1. The van der Waals surface area contributed by atoms with Crippen molar-refractivity contribution in [1.29, 1.82) is 0 Å². The molecule has 0 amide bonds. The maximum Gasteiger partial charge on any atom is 0.342 e. The highest BCUT2D eigenvalue weighted by Gasteiger charge is 2.17. The minimum atomic E-state index is -0.529. The molecule has 0 bridgehead atoms. The summed E-state index contributed by atoms with van der Waals surface area (Å²) in [6.45, 7) is 0. The summed E-state index contributed by atoms with van der Waals surface area (Å²) in [6, 6.07) is 5.01. The largest absolute Gasteiger partial charge is 0.465 e. The number of aliphatic imine (C=N–C) groups is 1. The Bertz CT molecular complexity index is 449. The molecule has 0 aliphatic heterocycles. The Morgan fingerprint density at radius 3 is 2.62 bits per heavy atom. The zero-order valence-corrected chi connectivity index (χ0v) is 9.35. The first-order chi connectivity index (χ1) is 7.61. The van der Waals surface area contributed by atoms with E-state index in [0.29, 0.717) is 5.69 Å².